The van der Waals surface area contributed by atoms with Crippen molar-refractivity contribution in [3.63, 3.8) is 0 Å². The Hall–Kier alpha value is -1.37. The van der Waals surface area contributed by atoms with E-state index in [1.54, 1.807) is 0 Å². The lowest BCUT2D eigenvalue weighted by molar-refractivity contribution is 0.146. The van der Waals surface area contributed by atoms with Crippen LogP contribution in [0.25, 0.3) is 0 Å². The fourth-order valence-electron chi connectivity index (χ4n) is 3.02. The first-order chi connectivity index (χ1) is 10.1. The molecule has 3 heteroatoms. The maximum absolute atomic E-state index is 9.87. The quantitative estimate of drug-likeness (QED) is 0.835. The molecule has 1 aliphatic rings. The lowest BCUT2D eigenvalue weighted by Crippen LogP contribution is -2.48. The smallest absolute Gasteiger partial charge is 0.133 e. The van der Waals surface area contributed by atoms with E-state index >= 15 is 0 Å². The van der Waals surface area contributed by atoms with Crippen LogP contribution < -0.4 is 5.32 Å². The Labute approximate surface area is 129 Å². The van der Waals surface area contributed by atoms with Crippen molar-refractivity contribution in [1.82, 2.24) is 10.2 Å². The second-order valence-corrected chi connectivity index (χ2v) is 6.50. The molecule has 0 aliphatic heterocycles. The molecule has 0 spiro atoms. The van der Waals surface area contributed by atoms with Crippen LogP contribution in [0.4, 0.5) is 0 Å². The lowest BCUT2D eigenvalue weighted by Gasteiger charge is -2.38. The van der Waals surface area contributed by atoms with Crippen molar-refractivity contribution in [3.8, 4) is 6.07 Å². The monoisotopic (exact) mass is 285 g/mol. The van der Waals surface area contributed by atoms with E-state index in [1.807, 2.05) is 18.2 Å². The molecular formula is C18H27N3. The molecule has 1 aliphatic carbocycles. The molecular weight excluding hydrogens is 258 g/mol. The molecule has 0 radical (unpaired) electrons. The van der Waals surface area contributed by atoms with E-state index in [-0.39, 0.29) is 6.04 Å². The van der Waals surface area contributed by atoms with E-state index in [1.165, 1.54) is 19.3 Å². The first kappa shape index (κ1) is 16.0. The Morgan fingerprint density at radius 2 is 2.00 bits per heavy atom. The van der Waals surface area contributed by atoms with Crippen LogP contribution >= 0.6 is 0 Å². The first-order valence-corrected chi connectivity index (χ1v) is 8.02. The Kier molecular flexibility index (Phi) is 5.39. The van der Waals surface area contributed by atoms with E-state index in [2.05, 4.69) is 49.3 Å². The molecule has 1 saturated carbocycles. The average Bonchev–Trinajstić information content (AvgIpc) is 2.42. The van der Waals surface area contributed by atoms with Crippen LogP contribution in [0.2, 0.25) is 0 Å². The highest BCUT2D eigenvalue weighted by Gasteiger charge is 2.34. The van der Waals surface area contributed by atoms with Crippen LogP contribution in [-0.2, 0) is 5.54 Å². The number of hydrogen-bond donors (Lipinski definition) is 1. The molecule has 21 heavy (non-hydrogen) atoms. The minimum atomic E-state index is -0.590. The standard InChI is InChI=1S/C18H27N3/c1-15(2)20-18(14-19,16-8-5-4-6-9-16)12-13-21(3)17-10-7-11-17/h4-6,8-9,15,17,20H,7,10-13H2,1-3H3. The summed E-state index contributed by atoms with van der Waals surface area (Å²) in [7, 11) is 2.19. The van der Waals surface area contributed by atoms with Gasteiger partial charge in [0.1, 0.15) is 5.54 Å². The van der Waals surface area contributed by atoms with E-state index in [0.29, 0.717) is 0 Å². The van der Waals surface area contributed by atoms with Gasteiger partial charge in [-0.3, -0.25) is 5.32 Å². The Morgan fingerprint density at radius 1 is 1.33 bits per heavy atom. The fourth-order valence-corrected chi connectivity index (χ4v) is 3.02. The molecule has 0 aromatic heterocycles. The van der Waals surface area contributed by atoms with Crippen LogP contribution in [0.3, 0.4) is 0 Å². The second kappa shape index (κ2) is 7.06. The molecule has 1 N–H and O–H groups in total. The van der Waals surface area contributed by atoms with Gasteiger partial charge in [0.15, 0.2) is 0 Å². The normalized spacial score (nSPS) is 18.3. The summed E-state index contributed by atoms with van der Waals surface area (Å²) < 4.78 is 0. The van der Waals surface area contributed by atoms with Crippen molar-refractivity contribution in [2.45, 2.75) is 57.2 Å². The van der Waals surface area contributed by atoms with Crippen molar-refractivity contribution >= 4 is 0 Å². The zero-order valence-corrected chi connectivity index (χ0v) is 13.5. The second-order valence-electron chi connectivity index (χ2n) is 6.50. The number of rotatable bonds is 7. The zero-order valence-electron chi connectivity index (χ0n) is 13.5. The van der Waals surface area contributed by atoms with Gasteiger partial charge in [0.25, 0.3) is 0 Å². The van der Waals surface area contributed by atoms with Gasteiger partial charge in [0.2, 0.25) is 0 Å². The number of nitriles is 1. The van der Waals surface area contributed by atoms with Gasteiger partial charge in [-0.15, -0.1) is 0 Å². The summed E-state index contributed by atoms with van der Waals surface area (Å²) in [4.78, 5) is 2.42. The van der Waals surface area contributed by atoms with Gasteiger partial charge in [0, 0.05) is 18.6 Å². The van der Waals surface area contributed by atoms with Crippen LogP contribution in [-0.4, -0.2) is 30.6 Å². The van der Waals surface area contributed by atoms with Gasteiger partial charge in [-0.05, 0) is 45.7 Å². The van der Waals surface area contributed by atoms with E-state index in [0.717, 1.165) is 24.6 Å². The summed E-state index contributed by atoms with van der Waals surface area (Å²) in [5.41, 5.74) is 0.483. The van der Waals surface area contributed by atoms with E-state index in [4.69, 9.17) is 0 Å². The van der Waals surface area contributed by atoms with Crippen LogP contribution in [0, 0.1) is 11.3 Å². The topological polar surface area (TPSA) is 39.1 Å². The van der Waals surface area contributed by atoms with Crippen LogP contribution in [0.5, 0.6) is 0 Å². The van der Waals surface area contributed by atoms with Crippen molar-refractivity contribution in [2.75, 3.05) is 13.6 Å². The van der Waals surface area contributed by atoms with Gasteiger partial charge >= 0.3 is 0 Å². The average molecular weight is 285 g/mol. The summed E-state index contributed by atoms with van der Waals surface area (Å²) in [5.74, 6) is 0. The maximum atomic E-state index is 9.87. The Morgan fingerprint density at radius 3 is 2.48 bits per heavy atom. The van der Waals surface area contributed by atoms with Crippen molar-refractivity contribution in [1.29, 1.82) is 5.26 Å². The molecule has 0 bridgehead atoms. The predicted octanol–water partition coefficient (Wildman–Crippen LogP) is 3.28. The van der Waals surface area contributed by atoms with Gasteiger partial charge in [-0.1, -0.05) is 36.8 Å². The summed E-state index contributed by atoms with van der Waals surface area (Å²) in [5, 5.41) is 13.4. The highest BCUT2D eigenvalue weighted by atomic mass is 15.1. The van der Waals surface area contributed by atoms with Crippen molar-refractivity contribution in [2.24, 2.45) is 0 Å². The molecule has 3 nitrogen and oxygen atoms in total. The van der Waals surface area contributed by atoms with Crippen LogP contribution in [0.15, 0.2) is 30.3 Å². The highest BCUT2D eigenvalue weighted by Crippen LogP contribution is 2.28. The summed E-state index contributed by atoms with van der Waals surface area (Å²) in [6, 6.07) is 13.7. The van der Waals surface area contributed by atoms with Gasteiger partial charge in [0.05, 0.1) is 6.07 Å². The molecule has 1 fully saturated rings. The minimum absolute atomic E-state index is 0.277. The summed E-state index contributed by atoms with van der Waals surface area (Å²) in [6.07, 6.45) is 4.78. The largest absolute Gasteiger partial charge is 0.303 e. The van der Waals surface area contributed by atoms with E-state index in [9.17, 15) is 5.26 Å². The maximum Gasteiger partial charge on any atom is 0.133 e. The van der Waals surface area contributed by atoms with Crippen molar-refractivity contribution < 1.29 is 0 Å². The molecule has 1 unspecified atom stereocenters. The number of hydrogen-bond acceptors (Lipinski definition) is 3. The van der Waals surface area contributed by atoms with Gasteiger partial charge < -0.3 is 4.90 Å². The molecule has 2 rings (SSSR count). The van der Waals surface area contributed by atoms with Gasteiger partial charge in [-0.2, -0.15) is 5.26 Å². The van der Waals surface area contributed by atoms with E-state index < -0.39 is 5.54 Å². The molecule has 1 aromatic carbocycles. The Balaban J connectivity index is 2.13. The van der Waals surface area contributed by atoms with Gasteiger partial charge in [-0.25, -0.2) is 0 Å². The minimum Gasteiger partial charge on any atom is -0.303 e. The van der Waals surface area contributed by atoms with Crippen LogP contribution in [0.1, 0.15) is 45.1 Å². The molecule has 0 heterocycles. The molecule has 0 amide bonds. The number of nitrogens with zero attached hydrogens (tertiary/aromatic N) is 2. The highest BCUT2D eigenvalue weighted by molar-refractivity contribution is 5.31. The zero-order chi connectivity index (χ0) is 15.3. The third-order valence-electron chi connectivity index (χ3n) is 4.53. The fraction of sp³-hybridized carbons (Fsp3) is 0.611. The SMILES string of the molecule is CC(C)NC(C#N)(CCN(C)C1CCC1)c1ccccc1. The molecule has 1 atom stereocenters. The number of nitrogens with one attached hydrogen (secondary N) is 1. The molecule has 0 saturated heterocycles. The summed E-state index contributed by atoms with van der Waals surface area (Å²) in [6.45, 7) is 5.15. The molecule has 1 aromatic rings. The predicted molar refractivity (Wildman–Crippen MR) is 86.9 cm³/mol. The third kappa shape index (κ3) is 3.84. The first-order valence-electron chi connectivity index (χ1n) is 8.02. The summed E-state index contributed by atoms with van der Waals surface area (Å²) >= 11 is 0. The lowest BCUT2D eigenvalue weighted by atomic mass is 9.86. The number of benzene rings is 1. The molecule has 114 valence electrons. The third-order valence-corrected chi connectivity index (χ3v) is 4.53. The Bertz CT molecular complexity index is 473. The van der Waals surface area contributed by atoms with Crippen molar-refractivity contribution in [3.05, 3.63) is 35.9 Å².